The summed E-state index contributed by atoms with van der Waals surface area (Å²) < 4.78 is 34.1. The number of methoxy groups -OCH3 is 1. The predicted molar refractivity (Wildman–Crippen MR) is 136 cm³/mol. The summed E-state index contributed by atoms with van der Waals surface area (Å²) in [6.07, 6.45) is 4.24. The Labute approximate surface area is 201 Å². The SMILES string of the molecule is CCc1cccc2c(C=NNc3ccc([N+](=O)[O-])cc3S(=O)(=O)Nc3ccccc3OC)c[nH]c12. The number of fused-ring (bicyclic) bond motifs is 1. The number of hydrogen-bond donors (Lipinski definition) is 3. The molecule has 3 N–H and O–H groups in total. The van der Waals surface area contributed by atoms with Gasteiger partial charge in [-0.2, -0.15) is 5.10 Å². The summed E-state index contributed by atoms with van der Waals surface area (Å²) >= 11 is 0. The van der Waals surface area contributed by atoms with Crippen LogP contribution in [0, 0.1) is 10.1 Å². The first kappa shape index (κ1) is 23.8. The fourth-order valence-corrected chi connectivity index (χ4v) is 4.93. The monoisotopic (exact) mass is 493 g/mol. The lowest BCUT2D eigenvalue weighted by atomic mass is 10.1. The Morgan fingerprint density at radius 3 is 2.66 bits per heavy atom. The fourth-order valence-electron chi connectivity index (χ4n) is 3.68. The Kier molecular flexibility index (Phi) is 6.69. The van der Waals surface area contributed by atoms with E-state index in [1.165, 1.54) is 30.9 Å². The minimum atomic E-state index is -4.24. The molecule has 4 rings (SSSR count). The molecular formula is C24H23N5O5S. The van der Waals surface area contributed by atoms with Crippen LogP contribution in [-0.2, 0) is 16.4 Å². The number of nitro groups is 1. The van der Waals surface area contributed by atoms with Crippen LogP contribution in [0.5, 0.6) is 5.75 Å². The molecule has 0 fully saturated rings. The Hall–Kier alpha value is -4.38. The van der Waals surface area contributed by atoms with E-state index < -0.39 is 14.9 Å². The number of aromatic amines is 1. The zero-order valence-corrected chi connectivity index (χ0v) is 19.8. The van der Waals surface area contributed by atoms with Crippen molar-refractivity contribution in [1.82, 2.24) is 4.98 Å². The van der Waals surface area contributed by atoms with Gasteiger partial charge in [0.05, 0.1) is 29.6 Å². The summed E-state index contributed by atoms with van der Waals surface area (Å²) in [7, 11) is -2.82. The van der Waals surface area contributed by atoms with Crippen molar-refractivity contribution in [2.45, 2.75) is 18.2 Å². The third-order valence-electron chi connectivity index (χ3n) is 5.42. The number of anilines is 2. The summed E-state index contributed by atoms with van der Waals surface area (Å²) in [4.78, 5) is 13.6. The van der Waals surface area contributed by atoms with E-state index in [0.717, 1.165) is 29.0 Å². The predicted octanol–water partition coefficient (Wildman–Crippen LogP) is 4.89. The van der Waals surface area contributed by atoms with Crippen LogP contribution in [0.15, 0.2) is 76.9 Å². The molecule has 11 heteroatoms. The van der Waals surface area contributed by atoms with Crippen molar-refractivity contribution < 1.29 is 18.1 Å². The van der Waals surface area contributed by atoms with Crippen LogP contribution in [0.3, 0.4) is 0 Å². The molecule has 0 aliphatic rings. The van der Waals surface area contributed by atoms with Crippen molar-refractivity contribution in [2.24, 2.45) is 5.10 Å². The van der Waals surface area contributed by atoms with E-state index in [-0.39, 0.29) is 22.0 Å². The molecule has 0 radical (unpaired) electrons. The van der Waals surface area contributed by atoms with Gasteiger partial charge in [-0.25, -0.2) is 8.42 Å². The highest BCUT2D eigenvalue weighted by Gasteiger charge is 2.23. The van der Waals surface area contributed by atoms with Gasteiger partial charge in [-0.05, 0) is 30.2 Å². The van der Waals surface area contributed by atoms with Crippen LogP contribution in [0.4, 0.5) is 17.1 Å². The number of nitro benzene ring substituents is 1. The summed E-state index contributed by atoms with van der Waals surface area (Å²) in [5.41, 5.74) is 5.60. The quantitative estimate of drug-likeness (QED) is 0.172. The lowest BCUT2D eigenvalue weighted by Crippen LogP contribution is -2.15. The van der Waals surface area contributed by atoms with Crippen LogP contribution < -0.4 is 14.9 Å². The van der Waals surface area contributed by atoms with E-state index in [1.54, 1.807) is 24.4 Å². The van der Waals surface area contributed by atoms with Crippen molar-refractivity contribution >= 4 is 44.2 Å². The third-order valence-corrected chi connectivity index (χ3v) is 6.83. The summed E-state index contributed by atoms with van der Waals surface area (Å²) in [6, 6.07) is 15.9. The van der Waals surface area contributed by atoms with Crippen LogP contribution in [0.2, 0.25) is 0 Å². The lowest BCUT2D eigenvalue weighted by Gasteiger charge is -2.14. The zero-order chi connectivity index (χ0) is 25.0. The van der Waals surface area contributed by atoms with Crippen LogP contribution in [-0.4, -0.2) is 31.6 Å². The van der Waals surface area contributed by atoms with Crippen molar-refractivity contribution in [3.63, 3.8) is 0 Å². The first-order valence-corrected chi connectivity index (χ1v) is 12.1. The van der Waals surface area contributed by atoms with E-state index in [0.29, 0.717) is 5.75 Å². The van der Waals surface area contributed by atoms with Crippen molar-refractivity contribution in [2.75, 3.05) is 17.3 Å². The average molecular weight is 494 g/mol. The lowest BCUT2D eigenvalue weighted by molar-refractivity contribution is -0.385. The molecule has 1 heterocycles. The van der Waals surface area contributed by atoms with Gasteiger partial charge in [-0.3, -0.25) is 20.3 Å². The molecule has 1 aromatic heterocycles. The van der Waals surface area contributed by atoms with Gasteiger partial charge in [0.2, 0.25) is 0 Å². The smallest absolute Gasteiger partial charge is 0.270 e. The van der Waals surface area contributed by atoms with E-state index in [2.05, 4.69) is 27.2 Å². The molecule has 0 saturated carbocycles. The van der Waals surface area contributed by atoms with Crippen molar-refractivity contribution in [3.8, 4) is 5.75 Å². The standard InChI is InChI=1S/C24H23N5O5S/c1-3-16-7-6-8-19-17(14-25-24(16)19)15-26-27-21-12-11-18(29(30)31)13-23(21)35(32,33)28-20-9-4-5-10-22(20)34-2/h4-15,25,27-28H,3H2,1-2H3. The highest BCUT2D eigenvalue weighted by molar-refractivity contribution is 7.93. The Bertz CT molecular complexity index is 1530. The number of sulfonamides is 1. The van der Waals surface area contributed by atoms with Crippen LogP contribution >= 0.6 is 0 Å². The maximum atomic E-state index is 13.2. The molecule has 35 heavy (non-hydrogen) atoms. The summed E-state index contributed by atoms with van der Waals surface area (Å²) in [5.74, 6) is 0.305. The Morgan fingerprint density at radius 2 is 1.91 bits per heavy atom. The number of nitrogens with one attached hydrogen (secondary N) is 3. The largest absolute Gasteiger partial charge is 0.495 e. The second-order valence-corrected chi connectivity index (χ2v) is 9.20. The highest BCUT2D eigenvalue weighted by Crippen LogP contribution is 2.31. The second-order valence-electron chi connectivity index (χ2n) is 7.55. The van der Waals surface area contributed by atoms with Crippen molar-refractivity contribution in [3.05, 3.63) is 88.1 Å². The zero-order valence-electron chi connectivity index (χ0n) is 19.0. The topological polar surface area (TPSA) is 139 Å². The number of aromatic nitrogens is 1. The minimum Gasteiger partial charge on any atom is -0.495 e. The van der Waals surface area contributed by atoms with Gasteiger partial charge >= 0.3 is 0 Å². The van der Waals surface area contributed by atoms with Gasteiger partial charge in [-0.15, -0.1) is 0 Å². The molecular weight excluding hydrogens is 470 g/mol. The Morgan fingerprint density at radius 1 is 1.11 bits per heavy atom. The van der Waals surface area contributed by atoms with Gasteiger partial charge in [-0.1, -0.05) is 37.3 Å². The number of H-pyrrole nitrogens is 1. The fraction of sp³-hybridized carbons (Fsp3) is 0.125. The first-order chi connectivity index (χ1) is 16.8. The number of hydrogen-bond acceptors (Lipinski definition) is 7. The number of ether oxygens (including phenoxy) is 1. The molecule has 180 valence electrons. The van der Waals surface area contributed by atoms with E-state index in [4.69, 9.17) is 4.74 Å². The number of non-ortho nitro benzene ring substituents is 1. The van der Waals surface area contributed by atoms with Gasteiger partial charge < -0.3 is 9.72 Å². The Balaban J connectivity index is 1.68. The maximum absolute atomic E-state index is 13.2. The molecule has 0 spiro atoms. The number of aryl methyl sites for hydroxylation is 1. The van der Waals surface area contributed by atoms with E-state index in [1.807, 2.05) is 24.4 Å². The van der Waals surface area contributed by atoms with Gasteiger partial charge in [0.25, 0.3) is 15.7 Å². The summed E-state index contributed by atoms with van der Waals surface area (Å²) in [6.45, 7) is 2.07. The second kappa shape index (κ2) is 9.85. The van der Waals surface area contributed by atoms with Crippen LogP contribution in [0.1, 0.15) is 18.1 Å². The minimum absolute atomic E-state index is 0.0725. The first-order valence-electron chi connectivity index (χ1n) is 10.7. The molecule has 0 amide bonds. The number of nitrogens with zero attached hydrogens (tertiary/aromatic N) is 2. The van der Waals surface area contributed by atoms with E-state index in [9.17, 15) is 18.5 Å². The van der Waals surface area contributed by atoms with E-state index >= 15 is 0 Å². The third kappa shape index (κ3) is 4.94. The molecule has 0 aliphatic carbocycles. The van der Waals surface area contributed by atoms with Gasteiger partial charge in [0.1, 0.15) is 10.6 Å². The number of para-hydroxylation sites is 3. The van der Waals surface area contributed by atoms with Gasteiger partial charge in [0, 0.05) is 34.8 Å². The molecule has 3 aromatic carbocycles. The number of rotatable bonds is 9. The van der Waals surface area contributed by atoms with Gasteiger partial charge in [0.15, 0.2) is 0 Å². The molecule has 0 aliphatic heterocycles. The maximum Gasteiger partial charge on any atom is 0.270 e. The highest BCUT2D eigenvalue weighted by atomic mass is 32.2. The molecule has 10 nitrogen and oxygen atoms in total. The summed E-state index contributed by atoms with van der Waals surface area (Å²) in [5, 5.41) is 16.5. The molecule has 4 aromatic rings. The number of hydrazone groups is 1. The number of benzene rings is 3. The average Bonchev–Trinajstić information content (AvgIpc) is 3.27. The normalized spacial score (nSPS) is 11.6. The van der Waals surface area contributed by atoms with Crippen LogP contribution in [0.25, 0.3) is 10.9 Å². The molecule has 0 bridgehead atoms. The molecule has 0 unspecified atom stereocenters. The van der Waals surface area contributed by atoms with Crippen molar-refractivity contribution in [1.29, 1.82) is 0 Å². The molecule has 0 saturated heterocycles. The molecule has 0 atom stereocenters.